The van der Waals surface area contributed by atoms with Gasteiger partial charge in [-0.05, 0) is 0 Å². The second-order valence-corrected chi connectivity index (χ2v) is 4.45. The van der Waals surface area contributed by atoms with Crippen LogP contribution in [0.25, 0.3) is 0 Å². The Kier molecular flexibility index (Phi) is 2.89. The van der Waals surface area contributed by atoms with Crippen LogP contribution in [0.15, 0.2) is 6.20 Å². The number of ether oxygens (including phenoxy) is 1. The van der Waals surface area contributed by atoms with Gasteiger partial charge in [-0.1, -0.05) is 11.3 Å². The van der Waals surface area contributed by atoms with Crippen LogP contribution in [0.4, 0.5) is 5.13 Å². The molecule has 0 aliphatic carbocycles. The molecule has 0 spiro atoms. The van der Waals surface area contributed by atoms with Gasteiger partial charge in [0, 0.05) is 6.20 Å². The number of thiazole rings is 1. The van der Waals surface area contributed by atoms with Crippen molar-refractivity contribution in [2.45, 2.75) is 24.4 Å². The molecule has 0 unspecified atom stereocenters. The maximum absolute atomic E-state index is 9.67. The van der Waals surface area contributed by atoms with Crippen LogP contribution in [0, 0.1) is 0 Å². The summed E-state index contributed by atoms with van der Waals surface area (Å²) in [5.74, 6) is 0. The van der Waals surface area contributed by atoms with Gasteiger partial charge in [0.25, 0.3) is 0 Å². The van der Waals surface area contributed by atoms with E-state index in [0.717, 1.165) is 0 Å². The van der Waals surface area contributed by atoms with Gasteiger partial charge in [0.2, 0.25) is 0 Å². The molecule has 2 rings (SSSR count). The molecule has 0 aromatic carbocycles. The van der Waals surface area contributed by atoms with Crippen LogP contribution < -0.4 is 5.73 Å². The molecule has 15 heavy (non-hydrogen) atoms. The van der Waals surface area contributed by atoms with Crippen molar-refractivity contribution in [3.8, 4) is 0 Å². The lowest BCUT2D eigenvalue weighted by Crippen LogP contribution is -2.32. The summed E-state index contributed by atoms with van der Waals surface area (Å²) in [5.41, 5.74) is 5.45. The molecule has 1 aromatic rings. The average molecular weight is 232 g/mol. The fourth-order valence-electron chi connectivity index (χ4n) is 1.57. The molecule has 5 N–H and O–H groups in total. The van der Waals surface area contributed by atoms with E-state index in [0.29, 0.717) is 10.0 Å². The number of nitrogen functional groups attached to an aromatic ring is 1. The van der Waals surface area contributed by atoms with Gasteiger partial charge in [0.1, 0.15) is 24.4 Å². The molecule has 2 heterocycles. The van der Waals surface area contributed by atoms with Crippen molar-refractivity contribution in [3.63, 3.8) is 0 Å². The Hall–Kier alpha value is -0.730. The molecule has 0 amide bonds. The molecule has 0 radical (unpaired) electrons. The number of nitrogens with two attached hydrogens (primary N) is 1. The van der Waals surface area contributed by atoms with Crippen molar-refractivity contribution in [2.75, 3.05) is 12.3 Å². The largest absolute Gasteiger partial charge is 0.394 e. The summed E-state index contributed by atoms with van der Waals surface area (Å²) in [6.45, 7) is -0.330. The second kappa shape index (κ2) is 4.03. The smallest absolute Gasteiger partial charge is 0.180 e. The number of nitrogens with zero attached hydrogens (tertiary/aromatic N) is 1. The molecule has 1 aliphatic heterocycles. The topological polar surface area (TPSA) is 109 Å². The summed E-state index contributed by atoms with van der Waals surface area (Å²) in [5, 5.41) is 28.5. The first-order chi connectivity index (χ1) is 7.13. The first-order valence-electron chi connectivity index (χ1n) is 4.47. The molecule has 1 aromatic heterocycles. The lowest BCUT2D eigenvalue weighted by molar-refractivity contribution is -0.0218. The van der Waals surface area contributed by atoms with Gasteiger partial charge >= 0.3 is 0 Å². The summed E-state index contributed by atoms with van der Waals surface area (Å²) in [6, 6.07) is 0. The average Bonchev–Trinajstić information content (AvgIpc) is 2.74. The molecule has 84 valence electrons. The van der Waals surface area contributed by atoms with Crippen molar-refractivity contribution in [2.24, 2.45) is 0 Å². The number of rotatable bonds is 2. The maximum Gasteiger partial charge on any atom is 0.180 e. The molecule has 0 saturated carbocycles. The first-order valence-corrected chi connectivity index (χ1v) is 5.28. The molecule has 1 saturated heterocycles. The SMILES string of the molecule is Nc1ncc([C@@H]2O[C@H](CO)[C@@H](O)[C@H]2O)s1. The number of aliphatic hydroxyl groups excluding tert-OH is 3. The quantitative estimate of drug-likeness (QED) is 0.514. The third-order valence-electron chi connectivity index (χ3n) is 2.36. The normalized spacial score (nSPS) is 35.9. The Balaban J connectivity index is 2.18. The van der Waals surface area contributed by atoms with E-state index >= 15 is 0 Å². The van der Waals surface area contributed by atoms with Crippen LogP contribution in [0.1, 0.15) is 11.0 Å². The van der Waals surface area contributed by atoms with E-state index in [9.17, 15) is 10.2 Å². The first kappa shape index (κ1) is 10.8. The fourth-order valence-corrected chi connectivity index (χ4v) is 2.33. The lowest BCUT2D eigenvalue weighted by Gasteiger charge is -2.11. The van der Waals surface area contributed by atoms with E-state index in [1.54, 1.807) is 0 Å². The third-order valence-corrected chi connectivity index (χ3v) is 3.25. The van der Waals surface area contributed by atoms with Crippen LogP contribution in [0.3, 0.4) is 0 Å². The van der Waals surface area contributed by atoms with Crippen molar-refractivity contribution in [3.05, 3.63) is 11.1 Å². The number of hydrogen-bond donors (Lipinski definition) is 4. The van der Waals surface area contributed by atoms with E-state index < -0.39 is 24.4 Å². The van der Waals surface area contributed by atoms with E-state index in [2.05, 4.69) is 4.98 Å². The van der Waals surface area contributed by atoms with Crippen LogP contribution in [0.5, 0.6) is 0 Å². The molecule has 6 nitrogen and oxygen atoms in total. The van der Waals surface area contributed by atoms with Gasteiger partial charge in [-0.25, -0.2) is 4.98 Å². The highest BCUT2D eigenvalue weighted by molar-refractivity contribution is 7.15. The Labute approximate surface area is 89.9 Å². The number of aliphatic hydroxyl groups is 3. The van der Waals surface area contributed by atoms with E-state index in [4.69, 9.17) is 15.6 Å². The third kappa shape index (κ3) is 1.84. The van der Waals surface area contributed by atoms with Gasteiger partial charge in [0.15, 0.2) is 5.13 Å². The van der Waals surface area contributed by atoms with E-state index in [1.165, 1.54) is 17.5 Å². The standard InChI is InChI=1S/C8H12N2O4S/c9-8-10-1-4(15-8)7-6(13)5(12)3(2-11)14-7/h1,3,5-7,11-13H,2H2,(H2,9,10)/t3-,5-,6-,7+/m1/s1. The second-order valence-electron chi connectivity index (χ2n) is 3.36. The fraction of sp³-hybridized carbons (Fsp3) is 0.625. The van der Waals surface area contributed by atoms with Gasteiger partial charge in [-0.3, -0.25) is 0 Å². The molecule has 0 bridgehead atoms. The highest BCUT2D eigenvalue weighted by atomic mass is 32.1. The monoisotopic (exact) mass is 232 g/mol. The van der Waals surface area contributed by atoms with Crippen LogP contribution in [0.2, 0.25) is 0 Å². The molecule has 4 atom stereocenters. The van der Waals surface area contributed by atoms with Crippen LogP contribution >= 0.6 is 11.3 Å². The zero-order chi connectivity index (χ0) is 11.0. The highest BCUT2D eigenvalue weighted by Gasteiger charge is 2.43. The summed E-state index contributed by atoms with van der Waals surface area (Å²) in [7, 11) is 0. The Bertz CT molecular complexity index is 345. The number of aromatic nitrogens is 1. The molecular weight excluding hydrogens is 220 g/mol. The molecule has 1 aliphatic rings. The summed E-state index contributed by atoms with van der Waals surface area (Å²) < 4.78 is 5.30. The minimum atomic E-state index is -1.08. The van der Waals surface area contributed by atoms with E-state index in [-0.39, 0.29) is 6.61 Å². The van der Waals surface area contributed by atoms with Gasteiger partial charge in [-0.2, -0.15) is 0 Å². The minimum Gasteiger partial charge on any atom is -0.394 e. The van der Waals surface area contributed by atoms with Crippen molar-refractivity contribution in [1.82, 2.24) is 4.98 Å². The predicted octanol–water partition coefficient (Wildman–Crippen LogP) is -1.12. The Morgan fingerprint density at radius 2 is 2.20 bits per heavy atom. The zero-order valence-electron chi connectivity index (χ0n) is 7.78. The Morgan fingerprint density at radius 1 is 1.47 bits per heavy atom. The Morgan fingerprint density at radius 3 is 2.67 bits per heavy atom. The van der Waals surface area contributed by atoms with E-state index in [1.807, 2.05) is 0 Å². The van der Waals surface area contributed by atoms with Crippen molar-refractivity contribution < 1.29 is 20.1 Å². The van der Waals surface area contributed by atoms with Gasteiger partial charge in [-0.15, -0.1) is 0 Å². The maximum atomic E-state index is 9.67. The lowest BCUT2D eigenvalue weighted by atomic mass is 10.1. The molecule has 1 fully saturated rings. The van der Waals surface area contributed by atoms with Crippen LogP contribution in [-0.4, -0.2) is 45.2 Å². The molecular formula is C8H12N2O4S. The minimum absolute atomic E-state index is 0.330. The van der Waals surface area contributed by atoms with Crippen molar-refractivity contribution in [1.29, 1.82) is 0 Å². The van der Waals surface area contributed by atoms with Gasteiger partial charge < -0.3 is 25.8 Å². The number of hydrogen-bond acceptors (Lipinski definition) is 7. The molecule has 7 heteroatoms. The summed E-state index contributed by atoms with van der Waals surface area (Å²) in [6.07, 6.45) is -2.05. The van der Waals surface area contributed by atoms with Gasteiger partial charge in [0.05, 0.1) is 11.5 Å². The highest BCUT2D eigenvalue weighted by Crippen LogP contribution is 2.36. The van der Waals surface area contributed by atoms with Crippen molar-refractivity contribution >= 4 is 16.5 Å². The number of anilines is 1. The van der Waals surface area contributed by atoms with Crippen LogP contribution in [-0.2, 0) is 4.74 Å². The summed E-state index contributed by atoms with van der Waals surface area (Å²) >= 11 is 1.19. The summed E-state index contributed by atoms with van der Waals surface area (Å²) in [4.78, 5) is 4.48. The predicted molar refractivity (Wildman–Crippen MR) is 53.2 cm³/mol. The zero-order valence-corrected chi connectivity index (χ0v) is 8.59.